The van der Waals surface area contributed by atoms with Crippen LogP contribution in [0.1, 0.15) is 5.56 Å². The molecule has 2 aliphatic heterocycles. The van der Waals surface area contributed by atoms with E-state index in [2.05, 4.69) is 4.98 Å². The number of nitrogens with zero attached hydrogens (tertiary/aromatic N) is 4. The molecule has 0 spiro atoms. The molecule has 0 aromatic heterocycles. The van der Waals surface area contributed by atoms with E-state index in [1.807, 2.05) is 31.2 Å². The van der Waals surface area contributed by atoms with Crippen LogP contribution in [0.2, 0.25) is 0 Å². The van der Waals surface area contributed by atoms with Crippen molar-refractivity contribution >= 4 is 16.6 Å². The lowest BCUT2D eigenvalue weighted by Gasteiger charge is -2.18. The zero-order valence-corrected chi connectivity index (χ0v) is 14.5. The zero-order valence-electron chi connectivity index (χ0n) is 14.5. The molecule has 0 unspecified atom stereocenters. The summed E-state index contributed by atoms with van der Waals surface area (Å²) in [7, 11) is 1.35. The number of nitro benzene ring substituents is 1. The zero-order chi connectivity index (χ0) is 19.3. The van der Waals surface area contributed by atoms with Crippen LogP contribution < -0.4 is 11.2 Å². The van der Waals surface area contributed by atoms with E-state index in [4.69, 9.17) is 0 Å². The Hall–Kier alpha value is -3.81. The highest BCUT2D eigenvalue weighted by atomic mass is 16.6. The molecule has 0 saturated carbocycles. The topological polar surface area (TPSA) is 100 Å². The highest BCUT2D eigenvalue weighted by Crippen LogP contribution is 2.30. The third-order valence-electron chi connectivity index (χ3n) is 4.50. The van der Waals surface area contributed by atoms with E-state index < -0.39 is 16.2 Å². The number of hydrogen-bond donors (Lipinski definition) is 0. The van der Waals surface area contributed by atoms with Crippen LogP contribution in [0.15, 0.2) is 58.1 Å². The lowest BCUT2D eigenvalue weighted by atomic mass is 10.1. The highest BCUT2D eigenvalue weighted by Gasteiger charge is 2.21. The number of rotatable bonds is 2. The van der Waals surface area contributed by atoms with E-state index in [0.717, 1.165) is 10.1 Å². The number of aromatic nitrogens is 3. The molecule has 8 nitrogen and oxygen atoms in total. The minimum Gasteiger partial charge on any atom is -0.294 e. The van der Waals surface area contributed by atoms with E-state index in [0.29, 0.717) is 16.6 Å². The van der Waals surface area contributed by atoms with Crippen LogP contribution in [0.3, 0.4) is 0 Å². The molecular formula is C19H14N4O4. The molecule has 0 aliphatic carbocycles. The van der Waals surface area contributed by atoms with Gasteiger partial charge in [-0.25, -0.2) is 4.79 Å². The van der Waals surface area contributed by atoms with Gasteiger partial charge in [-0.1, -0.05) is 12.1 Å². The minimum absolute atomic E-state index is 0.0807. The standard InChI is InChI=1S/C19H14N4O4/c1-11-4-3-5-13(8-11)22-16-7-6-14(23(26)27)9-12(16)10-15-17(22)20-19(25)21(2)18(15)24/h3-10H,1-2H3. The summed E-state index contributed by atoms with van der Waals surface area (Å²) in [5, 5.41) is 11.7. The summed E-state index contributed by atoms with van der Waals surface area (Å²) < 4.78 is 2.61. The Labute approximate surface area is 152 Å². The lowest BCUT2D eigenvalue weighted by molar-refractivity contribution is -0.384. The quantitative estimate of drug-likeness (QED) is 0.310. The van der Waals surface area contributed by atoms with Crippen LogP contribution in [-0.2, 0) is 7.05 Å². The van der Waals surface area contributed by atoms with E-state index in [1.54, 1.807) is 16.7 Å². The first-order valence-electron chi connectivity index (χ1n) is 8.15. The van der Waals surface area contributed by atoms with Gasteiger partial charge in [0.1, 0.15) is 0 Å². The second-order valence-electron chi connectivity index (χ2n) is 6.31. The van der Waals surface area contributed by atoms with E-state index in [1.165, 1.54) is 19.2 Å². The molecule has 134 valence electrons. The van der Waals surface area contributed by atoms with E-state index in [-0.39, 0.29) is 17.1 Å². The summed E-state index contributed by atoms with van der Waals surface area (Å²) in [6, 6.07) is 13.4. The molecule has 0 amide bonds. The van der Waals surface area contributed by atoms with Gasteiger partial charge in [0.15, 0.2) is 5.82 Å². The van der Waals surface area contributed by atoms with Crippen molar-refractivity contribution in [2.45, 2.75) is 6.92 Å². The molecule has 8 heteroatoms. The molecule has 0 saturated heterocycles. The Bertz CT molecular complexity index is 1320. The average molecular weight is 362 g/mol. The van der Waals surface area contributed by atoms with Crippen molar-refractivity contribution in [1.82, 2.24) is 14.1 Å². The van der Waals surface area contributed by atoms with Gasteiger partial charge in [-0.2, -0.15) is 4.98 Å². The first-order chi connectivity index (χ1) is 12.9. The van der Waals surface area contributed by atoms with Crippen molar-refractivity contribution in [3.8, 4) is 17.1 Å². The summed E-state index contributed by atoms with van der Waals surface area (Å²) in [5.41, 5.74) is 1.28. The van der Waals surface area contributed by atoms with Crippen LogP contribution >= 0.6 is 0 Å². The minimum atomic E-state index is -0.657. The number of fused-ring (bicyclic) bond motifs is 2. The van der Waals surface area contributed by atoms with Crippen LogP contribution in [0.5, 0.6) is 0 Å². The maximum absolute atomic E-state index is 12.6. The molecule has 2 heterocycles. The predicted molar refractivity (Wildman–Crippen MR) is 101 cm³/mol. The third-order valence-corrected chi connectivity index (χ3v) is 4.50. The van der Waals surface area contributed by atoms with Crippen molar-refractivity contribution < 1.29 is 4.92 Å². The second-order valence-corrected chi connectivity index (χ2v) is 6.31. The molecule has 4 rings (SSSR count). The maximum atomic E-state index is 12.6. The Balaban J connectivity index is 2.25. The summed E-state index contributed by atoms with van der Waals surface area (Å²) in [4.78, 5) is 39.5. The van der Waals surface area contributed by atoms with Crippen molar-refractivity contribution in [2.24, 2.45) is 7.05 Å². The van der Waals surface area contributed by atoms with Gasteiger partial charge in [0.05, 0.1) is 16.0 Å². The van der Waals surface area contributed by atoms with Gasteiger partial charge in [0.2, 0.25) is 0 Å². The Morgan fingerprint density at radius 1 is 1.07 bits per heavy atom. The summed E-state index contributed by atoms with van der Waals surface area (Å²) in [5.74, 6) is 0.218. The number of aryl methyl sites for hydroxylation is 1. The molecule has 0 radical (unpaired) electrons. The van der Waals surface area contributed by atoms with Crippen molar-refractivity contribution in [3.63, 3.8) is 0 Å². The molecule has 0 N–H and O–H groups in total. The monoisotopic (exact) mass is 362 g/mol. The van der Waals surface area contributed by atoms with Gasteiger partial charge in [-0.15, -0.1) is 0 Å². The van der Waals surface area contributed by atoms with Crippen molar-refractivity contribution in [1.29, 1.82) is 0 Å². The van der Waals surface area contributed by atoms with E-state index in [9.17, 15) is 19.7 Å². The molecule has 2 aromatic rings. The second kappa shape index (κ2) is 5.87. The fraction of sp³-hybridized carbons (Fsp3) is 0.105. The summed E-state index contributed by atoms with van der Waals surface area (Å²) in [6.07, 6.45) is 0. The summed E-state index contributed by atoms with van der Waals surface area (Å²) >= 11 is 0. The Morgan fingerprint density at radius 3 is 2.56 bits per heavy atom. The van der Waals surface area contributed by atoms with Gasteiger partial charge < -0.3 is 0 Å². The first kappa shape index (κ1) is 16.6. The SMILES string of the molecule is Cc1cccc(-n2c3nc(=O)n(C)c(=O)c-3cc3cc([N+](=O)[O-])ccc32)c1. The molecule has 0 atom stereocenters. The third kappa shape index (κ3) is 2.58. The molecule has 27 heavy (non-hydrogen) atoms. The van der Waals surface area contributed by atoms with Gasteiger partial charge in [-0.3, -0.25) is 24.0 Å². The van der Waals surface area contributed by atoms with E-state index >= 15 is 0 Å². The molecular weight excluding hydrogens is 348 g/mol. The van der Waals surface area contributed by atoms with Gasteiger partial charge >= 0.3 is 5.69 Å². The van der Waals surface area contributed by atoms with Crippen LogP contribution in [0, 0.1) is 17.0 Å². The smallest absolute Gasteiger partial charge is 0.294 e. The fourth-order valence-electron chi connectivity index (χ4n) is 3.16. The number of non-ortho nitro benzene ring substituents is 1. The lowest BCUT2D eigenvalue weighted by Crippen LogP contribution is -2.35. The molecule has 2 aliphatic rings. The van der Waals surface area contributed by atoms with Crippen LogP contribution in [0.4, 0.5) is 5.69 Å². The van der Waals surface area contributed by atoms with Crippen LogP contribution in [-0.4, -0.2) is 19.0 Å². The molecule has 0 fully saturated rings. The van der Waals surface area contributed by atoms with Gasteiger partial charge in [-0.05, 0) is 36.8 Å². The van der Waals surface area contributed by atoms with Crippen molar-refractivity contribution in [2.75, 3.05) is 0 Å². The van der Waals surface area contributed by atoms with Crippen molar-refractivity contribution in [3.05, 3.63) is 85.0 Å². The van der Waals surface area contributed by atoms with Gasteiger partial charge in [0, 0.05) is 30.3 Å². The van der Waals surface area contributed by atoms with Gasteiger partial charge in [0.25, 0.3) is 11.2 Å². The maximum Gasteiger partial charge on any atom is 0.352 e. The molecule has 0 bridgehead atoms. The van der Waals surface area contributed by atoms with Crippen LogP contribution in [0.25, 0.3) is 28.0 Å². The number of benzene rings is 2. The summed E-state index contributed by atoms with van der Waals surface area (Å²) in [6.45, 7) is 1.92. The highest BCUT2D eigenvalue weighted by molar-refractivity contribution is 5.89. The molecule has 2 aromatic carbocycles. The Kier molecular flexibility index (Phi) is 3.62. The number of pyridine rings is 1. The number of hydrogen-bond acceptors (Lipinski definition) is 5. The average Bonchev–Trinajstić information content (AvgIpc) is 2.64. The largest absolute Gasteiger partial charge is 0.352 e. The first-order valence-corrected chi connectivity index (χ1v) is 8.15. The number of nitro groups is 1. The normalized spacial score (nSPS) is 11.2. The predicted octanol–water partition coefficient (Wildman–Crippen LogP) is 2.41. The fourth-order valence-corrected chi connectivity index (χ4v) is 3.16. The Morgan fingerprint density at radius 2 is 1.85 bits per heavy atom.